The normalized spacial score (nSPS) is 17.4. The highest BCUT2D eigenvalue weighted by Crippen LogP contribution is 2.33. The average Bonchev–Trinajstić information content (AvgIpc) is 2.47. The zero-order chi connectivity index (χ0) is 13.1. The summed E-state index contributed by atoms with van der Waals surface area (Å²) in [5.74, 6) is 2.24. The van der Waals surface area contributed by atoms with Crippen LogP contribution in [0.1, 0.15) is 17.9 Å². The molecular formula is C16H17NO2. The summed E-state index contributed by atoms with van der Waals surface area (Å²) >= 11 is 0. The summed E-state index contributed by atoms with van der Waals surface area (Å²) in [6, 6.07) is 15.7. The first-order valence-corrected chi connectivity index (χ1v) is 6.53. The zero-order valence-electron chi connectivity index (χ0n) is 10.7. The van der Waals surface area contributed by atoms with Crippen LogP contribution < -0.4 is 15.2 Å². The van der Waals surface area contributed by atoms with Gasteiger partial charge in [0.05, 0.1) is 13.2 Å². The molecule has 1 unspecified atom stereocenters. The number of ether oxygens (including phenoxy) is 2. The lowest BCUT2D eigenvalue weighted by molar-refractivity contribution is 0.217. The molecule has 0 amide bonds. The van der Waals surface area contributed by atoms with Gasteiger partial charge < -0.3 is 15.2 Å². The van der Waals surface area contributed by atoms with Gasteiger partial charge in [-0.25, -0.2) is 0 Å². The number of nitrogens with two attached hydrogens (primary N) is 1. The molecule has 0 fully saturated rings. The van der Waals surface area contributed by atoms with Crippen molar-refractivity contribution in [3.63, 3.8) is 0 Å². The van der Waals surface area contributed by atoms with Crippen LogP contribution in [0.25, 0.3) is 0 Å². The Bertz CT molecular complexity index is 551. The molecule has 3 heteroatoms. The third-order valence-electron chi connectivity index (χ3n) is 3.41. The van der Waals surface area contributed by atoms with Crippen molar-refractivity contribution in [1.82, 2.24) is 0 Å². The average molecular weight is 255 g/mol. The summed E-state index contributed by atoms with van der Waals surface area (Å²) in [6.07, 6.45) is 0.992. The quantitative estimate of drug-likeness (QED) is 0.856. The first-order chi connectivity index (χ1) is 9.33. The molecule has 1 heterocycles. The van der Waals surface area contributed by atoms with E-state index in [0.29, 0.717) is 12.5 Å². The highest BCUT2D eigenvalue weighted by molar-refractivity contribution is 5.42. The van der Waals surface area contributed by atoms with Crippen LogP contribution in [0.3, 0.4) is 0 Å². The van der Waals surface area contributed by atoms with Gasteiger partial charge in [-0.3, -0.25) is 0 Å². The largest absolute Gasteiger partial charge is 0.493 e. The van der Waals surface area contributed by atoms with E-state index in [2.05, 4.69) is 6.07 Å². The second kappa shape index (κ2) is 5.22. The molecule has 1 aliphatic heterocycles. The molecule has 0 aliphatic carbocycles. The van der Waals surface area contributed by atoms with Crippen LogP contribution in [0.15, 0.2) is 48.5 Å². The Morgan fingerprint density at radius 1 is 1.11 bits per heavy atom. The summed E-state index contributed by atoms with van der Waals surface area (Å²) in [5.41, 5.74) is 7.65. The first kappa shape index (κ1) is 11.9. The Morgan fingerprint density at radius 2 is 1.89 bits per heavy atom. The van der Waals surface area contributed by atoms with Crippen LogP contribution in [0, 0.1) is 0 Å². The summed E-state index contributed by atoms with van der Waals surface area (Å²) in [7, 11) is 0. The van der Waals surface area contributed by atoms with Crippen molar-refractivity contribution in [1.29, 1.82) is 0 Å². The molecule has 2 aromatic carbocycles. The molecule has 19 heavy (non-hydrogen) atoms. The highest BCUT2D eigenvalue weighted by Gasteiger charge is 2.21. The fourth-order valence-electron chi connectivity index (χ4n) is 2.35. The van der Waals surface area contributed by atoms with Gasteiger partial charge in [0.15, 0.2) is 0 Å². The van der Waals surface area contributed by atoms with E-state index in [1.807, 2.05) is 42.5 Å². The maximum absolute atomic E-state index is 5.85. The van der Waals surface area contributed by atoms with Gasteiger partial charge >= 0.3 is 0 Å². The Morgan fingerprint density at radius 3 is 2.74 bits per heavy atom. The number of hydrogen-bond donors (Lipinski definition) is 1. The number of fused-ring (bicyclic) bond motifs is 1. The molecule has 2 N–H and O–H groups in total. The molecule has 3 rings (SSSR count). The second-order valence-corrected chi connectivity index (χ2v) is 4.75. The Labute approximate surface area is 113 Å². The number of para-hydroxylation sites is 1. The van der Waals surface area contributed by atoms with E-state index >= 15 is 0 Å². The minimum Gasteiger partial charge on any atom is -0.493 e. The molecule has 3 nitrogen and oxygen atoms in total. The standard InChI is InChI=1S/C16H17NO2/c17-13-5-7-14(8-6-13)19-11-12-9-10-18-16-4-2-1-3-15(12)16/h1-8,12H,9-11,17H2. The zero-order valence-corrected chi connectivity index (χ0v) is 10.7. The number of nitrogen functional groups attached to an aromatic ring is 1. The van der Waals surface area contributed by atoms with Crippen LogP contribution in [0.5, 0.6) is 11.5 Å². The van der Waals surface area contributed by atoms with E-state index in [1.165, 1.54) is 5.56 Å². The molecule has 0 bridgehead atoms. The maximum Gasteiger partial charge on any atom is 0.122 e. The highest BCUT2D eigenvalue weighted by atomic mass is 16.5. The van der Waals surface area contributed by atoms with Gasteiger partial charge in [0.2, 0.25) is 0 Å². The third kappa shape index (κ3) is 2.65. The summed E-state index contributed by atoms with van der Waals surface area (Å²) < 4.78 is 11.5. The predicted octanol–water partition coefficient (Wildman–Crippen LogP) is 3.21. The Kier molecular flexibility index (Phi) is 3.27. The van der Waals surface area contributed by atoms with Crippen molar-refractivity contribution in [3.05, 3.63) is 54.1 Å². The SMILES string of the molecule is Nc1ccc(OCC2CCOc3ccccc32)cc1. The molecule has 2 aromatic rings. The summed E-state index contributed by atoms with van der Waals surface area (Å²) in [5, 5.41) is 0. The molecule has 98 valence electrons. The topological polar surface area (TPSA) is 44.5 Å². The molecule has 0 saturated carbocycles. The fourth-order valence-corrected chi connectivity index (χ4v) is 2.35. The molecule has 0 spiro atoms. The monoisotopic (exact) mass is 255 g/mol. The number of rotatable bonds is 3. The van der Waals surface area contributed by atoms with Gasteiger partial charge in [-0.2, -0.15) is 0 Å². The number of benzene rings is 2. The maximum atomic E-state index is 5.85. The molecule has 1 atom stereocenters. The van der Waals surface area contributed by atoms with Crippen LogP contribution in [-0.2, 0) is 0 Å². The lowest BCUT2D eigenvalue weighted by Crippen LogP contribution is -2.19. The molecule has 0 saturated heterocycles. The second-order valence-electron chi connectivity index (χ2n) is 4.75. The Hall–Kier alpha value is -2.16. The van der Waals surface area contributed by atoms with E-state index in [0.717, 1.165) is 30.2 Å². The van der Waals surface area contributed by atoms with Crippen molar-refractivity contribution in [2.45, 2.75) is 12.3 Å². The van der Waals surface area contributed by atoms with Gasteiger partial charge in [-0.15, -0.1) is 0 Å². The first-order valence-electron chi connectivity index (χ1n) is 6.53. The van der Waals surface area contributed by atoms with Crippen LogP contribution in [-0.4, -0.2) is 13.2 Å². The van der Waals surface area contributed by atoms with Crippen molar-refractivity contribution >= 4 is 5.69 Å². The van der Waals surface area contributed by atoms with Gasteiger partial charge in [0, 0.05) is 17.2 Å². The molecule has 0 aromatic heterocycles. The lowest BCUT2D eigenvalue weighted by Gasteiger charge is -2.25. The Balaban J connectivity index is 1.69. The van der Waals surface area contributed by atoms with Gasteiger partial charge in [-0.05, 0) is 36.8 Å². The van der Waals surface area contributed by atoms with E-state index in [4.69, 9.17) is 15.2 Å². The number of hydrogen-bond acceptors (Lipinski definition) is 3. The van der Waals surface area contributed by atoms with Crippen molar-refractivity contribution in [2.75, 3.05) is 18.9 Å². The van der Waals surface area contributed by atoms with Gasteiger partial charge in [-0.1, -0.05) is 18.2 Å². The van der Waals surface area contributed by atoms with Gasteiger partial charge in [0.1, 0.15) is 11.5 Å². The third-order valence-corrected chi connectivity index (χ3v) is 3.41. The van der Waals surface area contributed by atoms with Crippen molar-refractivity contribution in [3.8, 4) is 11.5 Å². The fraction of sp³-hybridized carbons (Fsp3) is 0.250. The molecule has 1 aliphatic rings. The minimum atomic E-state index is 0.391. The summed E-state index contributed by atoms with van der Waals surface area (Å²) in [6.45, 7) is 1.43. The molecule has 0 radical (unpaired) electrons. The van der Waals surface area contributed by atoms with E-state index in [1.54, 1.807) is 0 Å². The van der Waals surface area contributed by atoms with Gasteiger partial charge in [0.25, 0.3) is 0 Å². The van der Waals surface area contributed by atoms with Crippen molar-refractivity contribution < 1.29 is 9.47 Å². The van der Waals surface area contributed by atoms with Crippen molar-refractivity contribution in [2.24, 2.45) is 0 Å². The predicted molar refractivity (Wildman–Crippen MR) is 75.6 cm³/mol. The lowest BCUT2D eigenvalue weighted by atomic mass is 9.94. The van der Waals surface area contributed by atoms with Crippen LogP contribution >= 0.6 is 0 Å². The smallest absolute Gasteiger partial charge is 0.122 e. The van der Waals surface area contributed by atoms with Crippen LogP contribution in [0.2, 0.25) is 0 Å². The van der Waals surface area contributed by atoms with Crippen LogP contribution in [0.4, 0.5) is 5.69 Å². The molecular weight excluding hydrogens is 238 g/mol. The van der Waals surface area contributed by atoms with E-state index in [9.17, 15) is 0 Å². The van der Waals surface area contributed by atoms with E-state index in [-0.39, 0.29) is 0 Å². The number of anilines is 1. The minimum absolute atomic E-state index is 0.391. The summed E-state index contributed by atoms with van der Waals surface area (Å²) in [4.78, 5) is 0. The van der Waals surface area contributed by atoms with E-state index < -0.39 is 0 Å².